The quantitative estimate of drug-likeness (QED) is 0.181. The smallest absolute Gasteiger partial charge is 0.269 e. The number of carbonyl (C=O) groups excluding carboxylic acids is 1. The Kier molecular flexibility index (Phi) is 7.89. The molecule has 1 saturated carbocycles. The molecule has 38 heavy (non-hydrogen) atoms. The van der Waals surface area contributed by atoms with E-state index in [2.05, 4.69) is 29.3 Å². The van der Waals surface area contributed by atoms with Crippen molar-refractivity contribution in [2.45, 2.75) is 44.6 Å². The lowest BCUT2D eigenvalue weighted by molar-refractivity contribution is -0.384. The van der Waals surface area contributed by atoms with Crippen LogP contribution in [0.1, 0.15) is 54.7 Å². The van der Waals surface area contributed by atoms with Crippen molar-refractivity contribution < 1.29 is 14.5 Å². The third-order valence-electron chi connectivity index (χ3n) is 6.93. The van der Waals surface area contributed by atoms with Crippen LogP contribution in [0.25, 0.3) is 6.08 Å². The van der Waals surface area contributed by atoms with E-state index in [1.807, 2.05) is 30.3 Å². The molecular weight excluding hydrogens is 498 g/mol. The highest BCUT2D eigenvalue weighted by Gasteiger charge is 2.30. The third kappa shape index (κ3) is 6.14. The molecule has 1 amide bonds. The first-order chi connectivity index (χ1) is 18.5. The average molecular weight is 528 g/mol. The predicted octanol–water partition coefficient (Wildman–Crippen LogP) is 7.46. The van der Waals surface area contributed by atoms with Crippen molar-refractivity contribution in [2.75, 3.05) is 7.05 Å². The van der Waals surface area contributed by atoms with E-state index in [1.165, 1.54) is 66.5 Å². The number of carbonyl (C=O) groups is 1. The molecule has 0 aromatic heterocycles. The number of nitrogens with zero attached hydrogens (tertiary/aromatic N) is 3. The number of hydrogen-bond donors (Lipinski definition) is 0. The third-order valence-corrected chi connectivity index (χ3v) is 7.99. The van der Waals surface area contributed by atoms with Gasteiger partial charge in [-0.1, -0.05) is 55.7 Å². The van der Waals surface area contributed by atoms with E-state index in [-0.39, 0.29) is 11.6 Å². The van der Waals surface area contributed by atoms with Crippen LogP contribution in [-0.2, 0) is 11.4 Å². The summed E-state index contributed by atoms with van der Waals surface area (Å²) in [5.74, 6) is 1.33. The molecule has 7 nitrogen and oxygen atoms in total. The van der Waals surface area contributed by atoms with Gasteiger partial charge < -0.3 is 4.74 Å². The normalized spacial score (nSPS) is 18.3. The average Bonchev–Trinajstić information content (AvgIpc) is 3.21. The Morgan fingerprint density at radius 1 is 1.00 bits per heavy atom. The van der Waals surface area contributed by atoms with Gasteiger partial charge in [-0.05, 0) is 77.6 Å². The second-order valence-electron chi connectivity index (χ2n) is 9.58. The number of aliphatic imine (C=N–C) groups is 1. The molecule has 0 unspecified atom stereocenters. The van der Waals surface area contributed by atoms with E-state index in [4.69, 9.17) is 4.74 Å². The molecule has 1 aliphatic heterocycles. The Labute approximate surface area is 226 Å². The minimum Gasteiger partial charge on any atom is -0.489 e. The maximum atomic E-state index is 12.7. The summed E-state index contributed by atoms with van der Waals surface area (Å²) in [5.41, 5.74) is 4.01. The monoisotopic (exact) mass is 527 g/mol. The van der Waals surface area contributed by atoms with E-state index in [1.54, 1.807) is 19.2 Å². The van der Waals surface area contributed by atoms with Crippen molar-refractivity contribution in [2.24, 2.45) is 4.99 Å². The van der Waals surface area contributed by atoms with Gasteiger partial charge in [-0.2, -0.15) is 0 Å². The fourth-order valence-electron chi connectivity index (χ4n) is 4.71. The number of nitro benzene ring substituents is 1. The van der Waals surface area contributed by atoms with Crippen molar-refractivity contribution in [1.29, 1.82) is 0 Å². The molecule has 2 fully saturated rings. The number of thioether (sulfide) groups is 1. The van der Waals surface area contributed by atoms with E-state index < -0.39 is 4.92 Å². The summed E-state index contributed by atoms with van der Waals surface area (Å²) in [4.78, 5) is 29.7. The molecule has 0 radical (unpaired) electrons. The highest BCUT2D eigenvalue weighted by molar-refractivity contribution is 8.18. The molecule has 3 aromatic rings. The van der Waals surface area contributed by atoms with Gasteiger partial charge >= 0.3 is 0 Å². The number of ether oxygens (including phenoxy) is 1. The van der Waals surface area contributed by atoms with Crippen LogP contribution in [0.4, 0.5) is 11.4 Å². The van der Waals surface area contributed by atoms with E-state index >= 15 is 0 Å². The second-order valence-corrected chi connectivity index (χ2v) is 10.6. The highest BCUT2D eigenvalue weighted by atomic mass is 32.2. The van der Waals surface area contributed by atoms with Crippen molar-refractivity contribution in [3.8, 4) is 5.75 Å². The molecule has 5 rings (SSSR count). The Morgan fingerprint density at radius 3 is 2.34 bits per heavy atom. The molecule has 1 aliphatic carbocycles. The molecule has 3 aromatic carbocycles. The molecule has 8 heteroatoms. The lowest BCUT2D eigenvalue weighted by Gasteiger charge is -2.22. The second kappa shape index (κ2) is 11.6. The summed E-state index contributed by atoms with van der Waals surface area (Å²) in [6.45, 7) is 0.507. The lowest BCUT2D eigenvalue weighted by atomic mass is 9.84. The fourth-order valence-corrected chi connectivity index (χ4v) is 5.70. The Balaban J connectivity index is 1.19. The lowest BCUT2D eigenvalue weighted by Crippen LogP contribution is -2.23. The number of likely N-dealkylation sites (N-methyl/N-ethyl adjacent to an activating group) is 1. The molecular formula is C30H29N3O4S. The maximum absolute atomic E-state index is 12.7. The van der Waals surface area contributed by atoms with Gasteiger partial charge in [0, 0.05) is 19.2 Å². The summed E-state index contributed by atoms with van der Waals surface area (Å²) in [7, 11) is 1.67. The largest absolute Gasteiger partial charge is 0.489 e. The van der Waals surface area contributed by atoms with E-state index in [9.17, 15) is 14.9 Å². The molecule has 0 N–H and O–H groups in total. The van der Waals surface area contributed by atoms with Crippen LogP contribution in [-0.4, -0.2) is 27.9 Å². The number of nitro groups is 1. The standard InChI is InChI=1S/C30H29N3O4S/c1-32-29(34)28(38-30(32)31-25-13-15-26(16-14-25)33(35)36)19-21-9-17-27(18-10-21)37-20-22-7-11-24(12-8-22)23-5-3-2-4-6-23/h7-19,23H,2-6,20H2,1H3. The Hall–Kier alpha value is -3.91. The van der Waals surface area contributed by atoms with Crippen LogP contribution in [0, 0.1) is 10.1 Å². The van der Waals surface area contributed by atoms with Crippen LogP contribution in [0.5, 0.6) is 5.75 Å². The summed E-state index contributed by atoms with van der Waals surface area (Å²) in [6.07, 6.45) is 8.46. The minimum absolute atomic E-state index is 0.00182. The van der Waals surface area contributed by atoms with Gasteiger partial charge in [0.15, 0.2) is 5.17 Å². The number of amidine groups is 1. The van der Waals surface area contributed by atoms with Crippen molar-refractivity contribution >= 4 is 40.3 Å². The summed E-state index contributed by atoms with van der Waals surface area (Å²) in [6, 6.07) is 22.4. The van der Waals surface area contributed by atoms with Gasteiger partial charge in [0.25, 0.3) is 11.6 Å². The summed E-state index contributed by atoms with van der Waals surface area (Å²) >= 11 is 1.27. The topological polar surface area (TPSA) is 85.0 Å². The zero-order valence-electron chi connectivity index (χ0n) is 21.2. The Morgan fingerprint density at radius 2 is 1.68 bits per heavy atom. The Bertz CT molecular complexity index is 1360. The molecule has 1 saturated heterocycles. The molecule has 194 valence electrons. The summed E-state index contributed by atoms with van der Waals surface area (Å²) < 4.78 is 5.98. The molecule has 0 spiro atoms. The van der Waals surface area contributed by atoms with Gasteiger partial charge in [-0.25, -0.2) is 4.99 Å². The van der Waals surface area contributed by atoms with Crippen molar-refractivity contribution in [1.82, 2.24) is 4.90 Å². The number of hydrogen-bond acceptors (Lipinski definition) is 6. The SMILES string of the molecule is CN1C(=O)C(=Cc2ccc(OCc3ccc(C4CCCCC4)cc3)cc2)SC1=Nc1ccc([N+](=O)[O-])cc1. The maximum Gasteiger partial charge on any atom is 0.269 e. The predicted molar refractivity (Wildman–Crippen MR) is 152 cm³/mol. The van der Waals surface area contributed by atoms with Crippen LogP contribution in [0.15, 0.2) is 82.7 Å². The van der Waals surface area contributed by atoms with Gasteiger partial charge in [0.2, 0.25) is 0 Å². The van der Waals surface area contributed by atoms with Crippen molar-refractivity contribution in [3.05, 3.63) is 105 Å². The number of non-ortho nitro benzene ring substituents is 1. The molecule has 0 atom stereocenters. The van der Waals surface area contributed by atoms with Crippen LogP contribution >= 0.6 is 11.8 Å². The van der Waals surface area contributed by atoms with Crippen LogP contribution in [0.2, 0.25) is 0 Å². The molecule has 1 heterocycles. The number of rotatable bonds is 7. The molecule has 0 bridgehead atoms. The van der Waals surface area contributed by atoms with Gasteiger partial charge in [0.1, 0.15) is 12.4 Å². The molecule has 2 aliphatic rings. The van der Waals surface area contributed by atoms with Gasteiger partial charge in [-0.15, -0.1) is 0 Å². The zero-order valence-corrected chi connectivity index (χ0v) is 22.0. The van der Waals surface area contributed by atoms with Gasteiger partial charge in [0.05, 0.1) is 15.5 Å². The van der Waals surface area contributed by atoms with E-state index in [0.717, 1.165) is 16.9 Å². The van der Waals surface area contributed by atoms with Crippen molar-refractivity contribution in [3.63, 3.8) is 0 Å². The first-order valence-corrected chi connectivity index (χ1v) is 13.6. The van der Waals surface area contributed by atoms with Crippen LogP contribution < -0.4 is 4.74 Å². The highest BCUT2D eigenvalue weighted by Crippen LogP contribution is 2.34. The number of benzene rings is 3. The zero-order chi connectivity index (χ0) is 26.5. The van der Waals surface area contributed by atoms with Crippen LogP contribution in [0.3, 0.4) is 0 Å². The van der Waals surface area contributed by atoms with E-state index in [0.29, 0.717) is 28.3 Å². The number of amides is 1. The van der Waals surface area contributed by atoms with Gasteiger partial charge in [-0.3, -0.25) is 19.8 Å². The summed E-state index contributed by atoms with van der Waals surface area (Å²) in [5, 5.41) is 11.4. The minimum atomic E-state index is -0.455. The fraction of sp³-hybridized carbons (Fsp3) is 0.267. The first-order valence-electron chi connectivity index (χ1n) is 12.8. The first kappa shape index (κ1) is 25.7.